The number of esters is 1. The quantitative estimate of drug-likeness (QED) is 0.669. The van der Waals surface area contributed by atoms with Gasteiger partial charge in [0, 0.05) is 11.1 Å². The maximum atomic E-state index is 11.7. The lowest BCUT2D eigenvalue weighted by atomic mass is 10.3. The molecule has 2 rings (SSSR count). The first kappa shape index (κ1) is 13.5. The van der Waals surface area contributed by atoms with Gasteiger partial charge in [-0.1, -0.05) is 0 Å². The van der Waals surface area contributed by atoms with Gasteiger partial charge in [-0.05, 0) is 25.1 Å². The fraction of sp³-hybridized carbons (Fsp3) is 0.231. The number of pyridine rings is 1. The van der Waals surface area contributed by atoms with E-state index in [4.69, 9.17) is 14.9 Å². The summed E-state index contributed by atoms with van der Waals surface area (Å²) >= 11 is 1.52. The fourth-order valence-electron chi connectivity index (χ4n) is 1.47. The minimum absolute atomic E-state index is 0.346. The molecule has 0 amide bonds. The lowest BCUT2D eigenvalue weighted by Crippen LogP contribution is -2.05. The van der Waals surface area contributed by atoms with Gasteiger partial charge in [-0.3, -0.25) is 0 Å². The monoisotopic (exact) mass is 278 g/mol. The first-order valence-corrected chi connectivity index (χ1v) is 6.77. The number of anilines is 1. The van der Waals surface area contributed by atoms with E-state index in [0.717, 1.165) is 4.90 Å². The van der Waals surface area contributed by atoms with E-state index in [1.54, 1.807) is 25.3 Å². The molecule has 0 aliphatic rings. The highest BCUT2D eigenvalue weighted by molar-refractivity contribution is 7.98. The van der Waals surface area contributed by atoms with Crippen LogP contribution in [0.3, 0.4) is 0 Å². The van der Waals surface area contributed by atoms with Crippen LogP contribution in [0.5, 0.6) is 0 Å². The first-order chi connectivity index (χ1) is 9.20. The molecular formula is C13H14N2O3S. The minimum Gasteiger partial charge on any atom is -0.468 e. The molecule has 0 unspecified atom stereocenters. The molecule has 2 N–H and O–H groups in total. The highest BCUT2D eigenvalue weighted by Crippen LogP contribution is 2.25. The zero-order valence-corrected chi connectivity index (χ0v) is 11.3. The maximum absolute atomic E-state index is 11.7. The lowest BCUT2D eigenvalue weighted by Gasteiger charge is -2.03. The zero-order chi connectivity index (χ0) is 13.7. The summed E-state index contributed by atoms with van der Waals surface area (Å²) in [4.78, 5) is 16.6. The van der Waals surface area contributed by atoms with Crippen molar-refractivity contribution in [1.82, 2.24) is 4.98 Å². The summed E-state index contributed by atoms with van der Waals surface area (Å²) in [6.45, 7) is 2.12. The second-order valence-corrected chi connectivity index (χ2v) is 4.73. The van der Waals surface area contributed by atoms with Gasteiger partial charge in [0.15, 0.2) is 0 Å². The number of carbonyl (C=O) groups excluding carboxylic acids is 1. The predicted molar refractivity (Wildman–Crippen MR) is 72.9 cm³/mol. The van der Waals surface area contributed by atoms with Crippen molar-refractivity contribution in [2.24, 2.45) is 0 Å². The third kappa shape index (κ3) is 3.51. The summed E-state index contributed by atoms with van der Waals surface area (Å²) in [6, 6.07) is 5.23. The molecule has 2 aromatic heterocycles. The van der Waals surface area contributed by atoms with Gasteiger partial charge in [-0.25, -0.2) is 9.78 Å². The van der Waals surface area contributed by atoms with Crippen LogP contribution in [0.4, 0.5) is 5.82 Å². The van der Waals surface area contributed by atoms with Gasteiger partial charge in [0.1, 0.15) is 17.1 Å². The maximum Gasteiger partial charge on any atom is 0.341 e. The number of aromatic nitrogens is 1. The van der Waals surface area contributed by atoms with E-state index in [1.807, 2.05) is 6.07 Å². The van der Waals surface area contributed by atoms with Crippen molar-refractivity contribution in [2.45, 2.75) is 17.6 Å². The SMILES string of the molecule is CCOC(=O)c1ccoc1CSc1ccc(N)nc1. The largest absolute Gasteiger partial charge is 0.468 e. The number of hydrogen-bond acceptors (Lipinski definition) is 6. The van der Waals surface area contributed by atoms with Gasteiger partial charge in [0.25, 0.3) is 0 Å². The van der Waals surface area contributed by atoms with Gasteiger partial charge >= 0.3 is 5.97 Å². The molecule has 0 spiro atoms. The summed E-state index contributed by atoms with van der Waals surface area (Å²) in [6.07, 6.45) is 3.18. The molecule has 0 aromatic carbocycles. The van der Waals surface area contributed by atoms with Crippen molar-refractivity contribution < 1.29 is 13.9 Å². The molecule has 6 heteroatoms. The lowest BCUT2D eigenvalue weighted by molar-refractivity contribution is 0.0524. The van der Waals surface area contributed by atoms with Crippen molar-refractivity contribution in [1.29, 1.82) is 0 Å². The molecule has 0 bridgehead atoms. The summed E-state index contributed by atoms with van der Waals surface area (Å²) < 4.78 is 10.3. The molecular weight excluding hydrogens is 264 g/mol. The number of furan rings is 1. The van der Waals surface area contributed by atoms with E-state index in [-0.39, 0.29) is 5.97 Å². The van der Waals surface area contributed by atoms with Gasteiger partial charge in [-0.2, -0.15) is 0 Å². The van der Waals surface area contributed by atoms with E-state index >= 15 is 0 Å². The number of nitrogen functional groups attached to an aromatic ring is 1. The van der Waals surface area contributed by atoms with Crippen LogP contribution in [0.2, 0.25) is 0 Å². The molecule has 0 aliphatic heterocycles. The predicted octanol–water partition coefficient (Wildman–Crippen LogP) is 2.73. The molecule has 0 saturated heterocycles. The molecule has 2 aromatic rings. The number of rotatable bonds is 5. The Kier molecular flexibility index (Phi) is 4.46. The highest BCUT2D eigenvalue weighted by Gasteiger charge is 2.15. The third-order valence-corrected chi connectivity index (χ3v) is 3.35. The van der Waals surface area contributed by atoms with E-state index in [2.05, 4.69) is 4.98 Å². The normalized spacial score (nSPS) is 10.4. The number of nitrogens with zero attached hydrogens (tertiary/aromatic N) is 1. The Morgan fingerprint density at radius 2 is 2.32 bits per heavy atom. The standard InChI is InChI=1S/C13H14N2O3S/c1-2-17-13(16)10-5-6-18-11(10)8-19-9-3-4-12(14)15-7-9/h3-7H,2,8H2,1H3,(H2,14,15). The summed E-state index contributed by atoms with van der Waals surface area (Å²) in [5.74, 6) is 1.25. The second kappa shape index (κ2) is 6.29. The van der Waals surface area contributed by atoms with E-state index in [1.165, 1.54) is 18.0 Å². The van der Waals surface area contributed by atoms with Crippen molar-refractivity contribution in [3.05, 3.63) is 42.0 Å². The van der Waals surface area contributed by atoms with Crippen molar-refractivity contribution in [3.8, 4) is 0 Å². The Bertz CT molecular complexity index is 551. The second-order valence-electron chi connectivity index (χ2n) is 3.69. The van der Waals surface area contributed by atoms with Gasteiger partial charge in [0.2, 0.25) is 0 Å². The third-order valence-electron chi connectivity index (χ3n) is 2.37. The molecule has 2 heterocycles. The molecule has 0 fully saturated rings. The van der Waals surface area contributed by atoms with Gasteiger partial charge in [0.05, 0.1) is 18.6 Å². The summed E-state index contributed by atoms with van der Waals surface area (Å²) in [5, 5.41) is 0. The fourth-order valence-corrected chi connectivity index (χ4v) is 2.28. The smallest absolute Gasteiger partial charge is 0.341 e. The van der Waals surface area contributed by atoms with Crippen LogP contribution in [0, 0.1) is 0 Å². The first-order valence-electron chi connectivity index (χ1n) is 5.78. The number of ether oxygens (including phenoxy) is 1. The number of nitrogens with two attached hydrogens (primary N) is 1. The van der Waals surface area contributed by atoms with E-state index in [0.29, 0.717) is 29.5 Å². The molecule has 0 saturated carbocycles. The molecule has 0 atom stereocenters. The average molecular weight is 278 g/mol. The van der Waals surface area contributed by atoms with E-state index in [9.17, 15) is 4.79 Å². The molecule has 100 valence electrons. The Labute approximate surface area is 115 Å². The van der Waals surface area contributed by atoms with Crippen LogP contribution in [0.15, 0.2) is 40.0 Å². The Morgan fingerprint density at radius 1 is 1.47 bits per heavy atom. The topological polar surface area (TPSA) is 78.3 Å². The average Bonchev–Trinajstić information content (AvgIpc) is 2.87. The summed E-state index contributed by atoms with van der Waals surface area (Å²) in [5.41, 5.74) is 5.98. The van der Waals surface area contributed by atoms with Crippen LogP contribution in [0.25, 0.3) is 0 Å². The highest BCUT2D eigenvalue weighted by atomic mass is 32.2. The van der Waals surface area contributed by atoms with Gasteiger partial charge in [-0.15, -0.1) is 11.8 Å². The Morgan fingerprint density at radius 3 is 3.00 bits per heavy atom. The Balaban J connectivity index is 2.02. The van der Waals surface area contributed by atoms with Gasteiger partial charge < -0.3 is 14.9 Å². The molecule has 0 radical (unpaired) electrons. The van der Waals surface area contributed by atoms with Crippen LogP contribution in [0.1, 0.15) is 23.0 Å². The number of carbonyl (C=O) groups is 1. The zero-order valence-electron chi connectivity index (χ0n) is 10.5. The van der Waals surface area contributed by atoms with Crippen molar-refractivity contribution in [2.75, 3.05) is 12.3 Å². The minimum atomic E-state index is -0.359. The van der Waals surface area contributed by atoms with Crippen LogP contribution in [-0.2, 0) is 10.5 Å². The van der Waals surface area contributed by atoms with Crippen LogP contribution < -0.4 is 5.73 Å². The Hall–Kier alpha value is -1.95. The number of hydrogen-bond donors (Lipinski definition) is 1. The van der Waals surface area contributed by atoms with Crippen molar-refractivity contribution in [3.63, 3.8) is 0 Å². The molecule has 0 aliphatic carbocycles. The summed E-state index contributed by atoms with van der Waals surface area (Å²) in [7, 11) is 0. The van der Waals surface area contributed by atoms with Crippen LogP contribution in [-0.4, -0.2) is 17.6 Å². The molecule has 5 nitrogen and oxygen atoms in total. The van der Waals surface area contributed by atoms with Crippen molar-refractivity contribution >= 4 is 23.5 Å². The van der Waals surface area contributed by atoms with E-state index < -0.39 is 0 Å². The number of thioether (sulfide) groups is 1. The van der Waals surface area contributed by atoms with Crippen LogP contribution >= 0.6 is 11.8 Å². The molecule has 19 heavy (non-hydrogen) atoms.